The van der Waals surface area contributed by atoms with Crippen LogP contribution in [0.4, 0.5) is 0 Å². The van der Waals surface area contributed by atoms with Crippen molar-refractivity contribution in [1.82, 2.24) is 0 Å². The van der Waals surface area contributed by atoms with Gasteiger partial charge in [0.2, 0.25) is 0 Å². The van der Waals surface area contributed by atoms with Crippen molar-refractivity contribution in [3.05, 3.63) is 47.6 Å². The highest BCUT2D eigenvalue weighted by Crippen LogP contribution is 2.30. The zero-order valence-corrected chi connectivity index (χ0v) is 8.07. The first-order valence-electron chi connectivity index (χ1n) is 4.66. The van der Waals surface area contributed by atoms with E-state index in [1.807, 2.05) is 24.3 Å². The molecule has 2 rings (SSSR count). The van der Waals surface area contributed by atoms with E-state index in [2.05, 4.69) is 12.2 Å². The first-order chi connectivity index (χ1) is 6.83. The highest BCUT2D eigenvalue weighted by atomic mass is 16.5. The highest BCUT2D eigenvalue weighted by Gasteiger charge is 2.21. The van der Waals surface area contributed by atoms with Crippen molar-refractivity contribution in [1.29, 1.82) is 0 Å². The van der Waals surface area contributed by atoms with Crippen molar-refractivity contribution in [2.24, 2.45) is 5.92 Å². The van der Waals surface area contributed by atoms with Gasteiger partial charge in [-0.1, -0.05) is 36.5 Å². The van der Waals surface area contributed by atoms with Crippen LogP contribution in [-0.2, 0) is 9.53 Å². The minimum atomic E-state index is -0.234. The molecule has 0 fully saturated rings. The maximum atomic E-state index is 11.4. The number of carbonyl (C=O) groups excluding carboxylic acids is 1. The summed E-state index contributed by atoms with van der Waals surface area (Å²) in [5.41, 5.74) is 1.86. The van der Waals surface area contributed by atoms with Crippen LogP contribution in [0.15, 0.2) is 47.6 Å². The second-order valence-electron chi connectivity index (χ2n) is 3.33. The van der Waals surface area contributed by atoms with E-state index in [0.717, 1.165) is 12.0 Å². The van der Waals surface area contributed by atoms with Gasteiger partial charge >= 0.3 is 5.97 Å². The number of carbonyl (C=O) groups is 1. The molecule has 0 amide bonds. The van der Waals surface area contributed by atoms with Crippen molar-refractivity contribution in [2.75, 3.05) is 7.11 Å². The smallest absolute Gasteiger partial charge is 0.337 e. The fraction of sp³-hybridized carbons (Fsp3) is 0.250. The van der Waals surface area contributed by atoms with Crippen LogP contribution in [0.3, 0.4) is 0 Å². The molecule has 0 aromatic rings. The van der Waals surface area contributed by atoms with Crippen LogP contribution in [0, 0.1) is 5.92 Å². The van der Waals surface area contributed by atoms with Gasteiger partial charge in [0.25, 0.3) is 0 Å². The molecule has 2 heteroatoms. The molecule has 72 valence electrons. The lowest BCUT2D eigenvalue weighted by molar-refractivity contribution is -0.135. The summed E-state index contributed by atoms with van der Waals surface area (Å²) in [6.07, 6.45) is 12.9. The zero-order valence-electron chi connectivity index (χ0n) is 8.07. The Morgan fingerprint density at radius 1 is 1.43 bits per heavy atom. The molecule has 0 spiro atoms. The summed E-state index contributed by atoms with van der Waals surface area (Å²) < 4.78 is 4.73. The van der Waals surface area contributed by atoms with Gasteiger partial charge in [-0.3, -0.25) is 0 Å². The van der Waals surface area contributed by atoms with Crippen molar-refractivity contribution >= 4 is 5.97 Å². The molecule has 0 saturated carbocycles. The molecule has 0 atom stereocenters. The van der Waals surface area contributed by atoms with Gasteiger partial charge in [-0.25, -0.2) is 4.79 Å². The van der Waals surface area contributed by atoms with Crippen molar-refractivity contribution < 1.29 is 9.53 Å². The predicted octanol–water partition coefficient (Wildman–Crippen LogP) is 2.16. The lowest BCUT2D eigenvalue weighted by Crippen LogP contribution is -2.07. The summed E-state index contributed by atoms with van der Waals surface area (Å²) in [5, 5.41) is 0. The summed E-state index contributed by atoms with van der Waals surface area (Å²) in [4.78, 5) is 11.4. The number of ether oxygens (including phenoxy) is 1. The molecule has 0 aliphatic heterocycles. The molecule has 0 heterocycles. The second kappa shape index (κ2) is 3.66. The number of rotatable bonds is 2. The normalized spacial score (nSPS) is 19.8. The van der Waals surface area contributed by atoms with Crippen molar-refractivity contribution in [3.63, 3.8) is 0 Å². The molecule has 2 aliphatic rings. The van der Waals surface area contributed by atoms with Crippen molar-refractivity contribution in [2.45, 2.75) is 6.42 Å². The van der Waals surface area contributed by atoms with E-state index in [9.17, 15) is 4.79 Å². The second-order valence-corrected chi connectivity index (χ2v) is 3.33. The van der Waals surface area contributed by atoms with Gasteiger partial charge in [0.05, 0.1) is 12.7 Å². The Labute approximate surface area is 83.3 Å². The molecule has 0 aromatic carbocycles. The average Bonchev–Trinajstić information content (AvgIpc) is 2.85. The third-order valence-electron chi connectivity index (χ3n) is 2.52. The van der Waals surface area contributed by atoms with E-state index in [0.29, 0.717) is 5.57 Å². The molecular formula is C12H12O2. The van der Waals surface area contributed by atoms with Gasteiger partial charge in [-0.2, -0.15) is 0 Å². The SMILES string of the molecule is COC(=O)C1=C(C2C=CC=C2)CC=C1. The molecule has 2 aliphatic carbocycles. The molecule has 0 aromatic heterocycles. The lowest BCUT2D eigenvalue weighted by Gasteiger charge is -2.09. The maximum Gasteiger partial charge on any atom is 0.337 e. The van der Waals surface area contributed by atoms with E-state index >= 15 is 0 Å². The Balaban J connectivity index is 2.28. The summed E-state index contributed by atoms with van der Waals surface area (Å²) in [6.45, 7) is 0. The van der Waals surface area contributed by atoms with Crippen molar-refractivity contribution in [3.8, 4) is 0 Å². The van der Waals surface area contributed by atoms with E-state index in [1.54, 1.807) is 0 Å². The first kappa shape index (κ1) is 9.00. The standard InChI is InChI=1S/C12H12O2/c1-14-12(13)11-8-4-7-10(11)9-5-2-3-6-9/h2-6,8-9H,7H2,1H3. The summed E-state index contributed by atoms with van der Waals surface area (Å²) in [5.74, 6) is 0.0431. The Bertz CT molecular complexity index is 358. The van der Waals surface area contributed by atoms with Gasteiger partial charge in [0, 0.05) is 5.92 Å². The van der Waals surface area contributed by atoms with Gasteiger partial charge in [0.1, 0.15) is 0 Å². The Kier molecular flexibility index (Phi) is 2.35. The average molecular weight is 188 g/mol. The van der Waals surface area contributed by atoms with Gasteiger partial charge < -0.3 is 4.74 Å². The van der Waals surface area contributed by atoms with E-state index in [-0.39, 0.29) is 11.9 Å². The van der Waals surface area contributed by atoms with Crippen LogP contribution in [0.5, 0.6) is 0 Å². The zero-order chi connectivity index (χ0) is 9.97. The van der Waals surface area contributed by atoms with Crippen LogP contribution in [0.2, 0.25) is 0 Å². The van der Waals surface area contributed by atoms with E-state index < -0.39 is 0 Å². The van der Waals surface area contributed by atoms with Crippen LogP contribution < -0.4 is 0 Å². The number of hydrogen-bond donors (Lipinski definition) is 0. The van der Waals surface area contributed by atoms with Crippen LogP contribution in [0.25, 0.3) is 0 Å². The number of allylic oxidation sites excluding steroid dienone is 6. The third kappa shape index (κ3) is 1.43. The maximum absolute atomic E-state index is 11.4. The quantitative estimate of drug-likeness (QED) is 0.621. The van der Waals surface area contributed by atoms with Crippen LogP contribution in [0.1, 0.15) is 6.42 Å². The fourth-order valence-corrected chi connectivity index (χ4v) is 1.81. The Hall–Kier alpha value is -1.57. The molecule has 2 nitrogen and oxygen atoms in total. The molecule has 14 heavy (non-hydrogen) atoms. The minimum Gasteiger partial charge on any atom is -0.465 e. The topological polar surface area (TPSA) is 26.3 Å². The largest absolute Gasteiger partial charge is 0.465 e. The van der Waals surface area contributed by atoms with Crippen LogP contribution in [-0.4, -0.2) is 13.1 Å². The van der Waals surface area contributed by atoms with Gasteiger partial charge in [0.15, 0.2) is 0 Å². The monoisotopic (exact) mass is 188 g/mol. The number of hydrogen-bond acceptors (Lipinski definition) is 2. The van der Waals surface area contributed by atoms with E-state index in [4.69, 9.17) is 4.74 Å². The molecule has 0 N–H and O–H groups in total. The molecule has 0 unspecified atom stereocenters. The molecule has 0 saturated heterocycles. The van der Waals surface area contributed by atoms with Gasteiger partial charge in [-0.05, 0) is 12.0 Å². The van der Waals surface area contributed by atoms with Crippen LogP contribution >= 0.6 is 0 Å². The third-order valence-corrected chi connectivity index (χ3v) is 2.52. The minimum absolute atomic E-state index is 0.234. The number of methoxy groups -OCH3 is 1. The predicted molar refractivity (Wildman–Crippen MR) is 54.6 cm³/mol. The van der Waals surface area contributed by atoms with Gasteiger partial charge in [-0.15, -0.1) is 0 Å². The summed E-state index contributed by atoms with van der Waals surface area (Å²) in [6, 6.07) is 0. The van der Waals surface area contributed by atoms with E-state index in [1.165, 1.54) is 7.11 Å². The Morgan fingerprint density at radius 2 is 2.14 bits per heavy atom. The highest BCUT2D eigenvalue weighted by molar-refractivity contribution is 5.93. The molecular weight excluding hydrogens is 176 g/mol. The molecule has 0 radical (unpaired) electrons. The summed E-state index contributed by atoms with van der Waals surface area (Å²) in [7, 11) is 1.42. The number of esters is 1. The fourth-order valence-electron chi connectivity index (χ4n) is 1.81. The first-order valence-corrected chi connectivity index (χ1v) is 4.66. The summed E-state index contributed by atoms with van der Waals surface area (Å²) >= 11 is 0. The molecule has 0 bridgehead atoms. The Morgan fingerprint density at radius 3 is 2.79 bits per heavy atom. The lowest BCUT2D eigenvalue weighted by atomic mass is 9.96.